The highest BCUT2D eigenvalue weighted by Crippen LogP contribution is 2.25. The molecule has 0 aromatic heterocycles. The van der Waals surface area contributed by atoms with Crippen LogP contribution in [0.5, 0.6) is 0 Å². The predicted octanol–water partition coefficient (Wildman–Crippen LogP) is 4.46. The van der Waals surface area contributed by atoms with Crippen molar-refractivity contribution >= 4 is 17.3 Å². The number of rotatable bonds is 11. The van der Waals surface area contributed by atoms with E-state index in [-0.39, 0.29) is 11.3 Å². The van der Waals surface area contributed by atoms with Crippen molar-refractivity contribution < 1.29 is 14.8 Å². The average molecular weight is 308 g/mol. The van der Waals surface area contributed by atoms with Crippen molar-refractivity contribution in [2.75, 3.05) is 11.9 Å². The maximum atomic E-state index is 11.0. The molecule has 1 rings (SSSR count). The van der Waals surface area contributed by atoms with Crippen molar-refractivity contribution in [3.05, 3.63) is 33.9 Å². The highest BCUT2D eigenvalue weighted by molar-refractivity contribution is 5.89. The number of aromatic carboxylic acids is 1. The maximum Gasteiger partial charge on any atom is 0.335 e. The maximum absolute atomic E-state index is 11.0. The molecule has 2 N–H and O–H groups in total. The molecule has 0 unspecified atom stereocenters. The van der Waals surface area contributed by atoms with Crippen molar-refractivity contribution in [1.82, 2.24) is 0 Å². The van der Waals surface area contributed by atoms with E-state index < -0.39 is 10.9 Å². The number of carbonyl (C=O) groups is 1. The third-order valence-electron chi connectivity index (χ3n) is 3.54. The lowest BCUT2D eigenvalue weighted by Gasteiger charge is -2.07. The Balaban J connectivity index is 2.42. The first-order chi connectivity index (χ1) is 10.6. The van der Waals surface area contributed by atoms with E-state index in [2.05, 4.69) is 12.2 Å². The molecule has 0 saturated carbocycles. The third-order valence-corrected chi connectivity index (χ3v) is 3.54. The summed E-state index contributed by atoms with van der Waals surface area (Å²) in [5, 5.41) is 22.9. The molecule has 1 aromatic rings. The summed E-state index contributed by atoms with van der Waals surface area (Å²) in [5.41, 5.74) is 0.108. The van der Waals surface area contributed by atoms with E-state index >= 15 is 0 Å². The molecule has 22 heavy (non-hydrogen) atoms. The first-order valence-electron chi connectivity index (χ1n) is 7.82. The summed E-state index contributed by atoms with van der Waals surface area (Å²) in [5.74, 6) is -1.17. The van der Waals surface area contributed by atoms with Gasteiger partial charge in [0.25, 0.3) is 5.69 Å². The lowest BCUT2D eigenvalue weighted by atomic mass is 10.1. The minimum atomic E-state index is -1.17. The van der Waals surface area contributed by atoms with Crippen LogP contribution in [0.2, 0.25) is 0 Å². The zero-order valence-electron chi connectivity index (χ0n) is 13.0. The number of hydrogen-bond acceptors (Lipinski definition) is 4. The lowest BCUT2D eigenvalue weighted by molar-refractivity contribution is -0.384. The third kappa shape index (κ3) is 6.11. The van der Waals surface area contributed by atoms with E-state index in [0.29, 0.717) is 12.2 Å². The van der Waals surface area contributed by atoms with Crippen molar-refractivity contribution in [1.29, 1.82) is 0 Å². The minimum Gasteiger partial charge on any atom is -0.478 e. The summed E-state index contributed by atoms with van der Waals surface area (Å²) in [6, 6.07) is 3.93. The summed E-state index contributed by atoms with van der Waals surface area (Å²) in [7, 11) is 0. The van der Waals surface area contributed by atoms with Crippen LogP contribution in [0.4, 0.5) is 11.4 Å². The molecule has 0 heterocycles. The van der Waals surface area contributed by atoms with Crippen LogP contribution in [0, 0.1) is 10.1 Å². The second-order valence-electron chi connectivity index (χ2n) is 5.34. The number of unbranched alkanes of at least 4 members (excludes halogenated alkanes) is 6. The molecule has 0 radical (unpaired) electrons. The molecule has 0 bridgehead atoms. The number of carboxylic acid groups (broad SMARTS) is 1. The molecule has 6 nitrogen and oxygen atoms in total. The number of nitrogens with one attached hydrogen (secondary N) is 1. The van der Waals surface area contributed by atoms with Gasteiger partial charge in [-0.15, -0.1) is 0 Å². The smallest absolute Gasteiger partial charge is 0.335 e. The van der Waals surface area contributed by atoms with Gasteiger partial charge in [-0.05, 0) is 18.6 Å². The van der Waals surface area contributed by atoms with Crippen LogP contribution in [-0.2, 0) is 0 Å². The topological polar surface area (TPSA) is 92.5 Å². The predicted molar refractivity (Wildman–Crippen MR) is 86.5 cm³/mol. The van der Waals surface area contributed by atoms with Crippen LogP contribution in [0.25, 0.3) is 0 Å². The number of nitrogens with zero attached hydrogens (tertiary/aromatic N) is 1. The standard InChI is InChI=1S/C16H24N2O4/c1-2-3-4-5-6-7-8-11-17-14-10-9-13(16(19)20)12-15(14)18(21)22/h9-10,12,17H,2-8,11H2,1H3,(H,19,20). The number of hydrogen-bond donors (Lipinski definition) is 2. The molecule has 6 heteroatoms. The van der Waals surface area contributed by atoms with Crippen LogP contribution in [0.15, 0.2) is 18.2 Å². The van der Waals surface area contributed by atoms with Crippen molar-refractivity contribution in [2.45, 2.75) is 51.9 Å². The van der Waals surface area contributed by atoms with Gasteiger partial charge >= 0.3 is 5.97 Å². The Hall–Kier alpha value is -2.11. The molecule has 122 valence electrons. The molecule has 0 aliphatic rings. The first kappa shape index (κ1) is 17.9. The number of nitro groups is 1. The van der Waals surface area contributed by atoms with Crippen molar-refractivity contribution in [3.8, 4) is 0 Å². The average Bonchev–Trinajstić information content (AvgIpc) is 2.49. The Morgan fingerprint density at radius 3 is 2.41 bits per heavy atom. The van der Waals surface area contributed by atoms with Gasteiger partial charge in [-0.3, -0.25) is 10.1 Å². The van der Waals surface area contributed by atoms with Crippen LogP contribution >= 0.6 is 0 Å². The molecule has 0 atom stereocenters. The van der Waals surface area contributed by atoms with E-state index in [9.17, 15) is 14.9 Å². The number of carboxylic acids is 1. The molecule has 0 saturated heterocycles. The Labute approximate surface area is 130 Å². The van der Waals surface area contributed by atoms with E-state index in [0.717, 1.165) is 18.9 Å². The van der Waals surface area contributed by atoms with E-state index in [1.54, 1.807) is 0 Å². The Morgan fingerprint density at radius 2 is 1.82 bits per heavy atom. The van der Waals surface area contributed by atoms with Crippen LogP contribution in [-0.4, -0.2) is 22.5 Å². The fraction of sp³-hybridized carbons (Fsp3) is 0.562. The van der Waals surface area contributed by atoms with Gasteiger partial charge in [0.1, 0.15) is 5.69 Å². The van der Waals surface area contributed by atoms with Gasteiger partial charge in [-0.1, -0.05) is 45.4 Å². The Bertz CT molecular complexity index is 503. The second-order valence-corrected chi connectivity index (χ2v) is 5.34. The van der Waals surface area contributed by atoms with Gasteiger partial charge in [0.15, 0.2) is 0 Å². The fourth-order valence-corrected chi connectivity index (χ4v) is 2.27. The molecular weight excluding hydrogens is 284 g/mol. The summed E-state index contributed by atoms with van der Waals surface area (Å²) in [6.45, 7) is 2.84. The summed E-state index contributed by atoms with van der Waals surface area (Å²) in [4.78, 5) is 21.3. The van der Waals surface area contributed by atoms with Gasteiger partial charge in [0, 0.05) is 12.6 Å². The fourth-order valence-electron chi connectivity index (χ4n) is 2.27. The quantitative estimate of drug-likeness (QED) is 0.358. The van der Waals surface area contributed by atoms with Gasteiger partial charge in [0.05, 0.1) is 10.5 Å². The number of benzene rings is 1. The Morgan fingerprint density at radius 1 is 1.18 bits per heavy atom. The number of anilines is 1. The molecule has 0 aliphatic heterocycles. The first-order valence-corrected chi connectivity index (χ1v) is 7.82. The second kappa shape index (κ2) is 9.76. The zero-order chi connectivity index (χ0) is 16.4. The summed E-state index contributed by atoms with van der Waals surface area (Å²) < 4.78 is 0. The van der Waals surface area contributed by atoms with Crippen LogP contribution in [0.1, 0.15) is 62.2 Å². The number of nitro benzene ring substituents is 1. The molecule has 0 amide bonds. The largest absolute Gasteiger partial charge is 0.478 e. The molecule has 0 spiro atoms. The van der Waals surface area contributed by atoms with E-state index in [4.69, 9.17) is 5.11 Å². The van der Waals surface area contributed by atoms with Gasteiger partial charge < -0.3 is 10.4 Å². The zero-order valence-corrected chi connectivity index (χ0v) is 13.0. The molecule has 0 aliphatic carbocycles. The van der Waals surface area contributed by atoms with Crippen LogP contribution in [0.3, 0.4) is 0 Å². The lowest BCUT2D eigenvalue weighted by Crippen LogP contribution is -2.06. The van der Waals surface area contributed by atoms with Crippen molar-refractivity contribution in [2.24, 2.45) is 0 Å². The highest BCUT2D eigenvalue weighted by atomic mass is 16.6. The van der Waals surface area contributed by atoms with Crippen LogP contribution < -0.4 is 5.32 Å². The minimum absolute atomic E-state index is 0.0758. The van der Waals surface area contributed by atoms with E-state index in [1.807, 2.05) is 0 Å². The molecule has 0 fully saturated rings. The summed E-state index contributed by atoms with van der Waals surface area (Å²) in [6.07, 6.45) is 8.24. The van der Waals surface area contributed by atoms with Gasteiger partial charge in [-0.2, -0.15) is 0 Å². The summed E-state index contributed by atoms with van der Waals surface area (Å²) >= 11 is 0. The molecule has 1 aromatic carbocycles. The van der Waals surface area contributed by atoms with Crippen molar-refractivity contribution in [3.63, 3.8) is 0 Å². The SMILES string of the molecule is CCCCCCCCCNc1ccc(C(=O)O)cc1[N+](=O)[O-]. The van der Waals surface area contributed by atoms with Gasteiger partial charge in [-0.25, -0.2) is 4.79 Å². The van der Waals surface area contributed by atoms with Gasteiger partial charge in [0.2, 0.25) is 0 Å². The monoisotopic (exact) mass is 308 g/mol. The Kier molecular flexibility index (Phi) is 7.96. The normalized spacial score (nSPS) is 10.4. The highest BCUT2D eigenvalue weighted by Gasteiger charge is 2.16. The molecular formula is C16H24N2O4. The van der Waals surface area contributed by atoms with E-state index in [1.165, 1.54) is 44.2 Å².